The number of nitrogens with one attached hydrogen (secondary N) is 1. The lowest BCUT2D eigenvalue weighted by Gasteiger charge is -2.57. The van der Waals surface area contributed by atoms with Gasteiger partial charge in [-0.05, 0) is 74.2 Å². The maximum absolute atomic E-state index is 13.2. The van der Waals surface area contributed by atoms with Gasteiger partial charge in [0.05, 0.1) is 6.61 Å². The van der Waals surface area contributed by atoms with Crippen LogP contribution < -0.4 is 5.32 Å². The van der Waals surface area contributed by atoms with Crippen LogP contribution in [0.5, 0.6) is 0 Å². The van der Waals surface area contributed by atoms with Gasteiger partial charge in [0.15, 0.2) is 0 Å². The highest BCUT2D eigenvalue weighted by Crippen LogP contribution is 2.42. The monoisotopic (exact) mass is 447 g/mol. The number of hydrogen-bond acceptors (Lipinski definition) is 3. The fourth-order valence-corrected chi connectivity index (χ4v) is 5.06. The van der Waals surface area contributed by atoms with E-state index in [1.54, 1.807) is 12.1 Å². The number of halogens is 1. The van der Waals surface area contributed by atoms with Crippen LogP contribution in [0.3, 0.4) is 0 Å². The molecule has 2 aromatic rings. The van der Waals surface area contributed by atoms with E-state index in [-0.39, 0.29) is 36.5 Å². The first-order valence-corrected chi connectivity index (χ1v) is 11.9. The number of hydrogen-bond donors (Lipinski definition) is 2. The summed E-state index contributed by atoms with van der Waals surface area (Å²) in [7, 11) is 0. The van der Waals surface area contributed by atoms with E-state index in [1.807, 2.05) is 4.90 Å². The summed E-state index contributed by atoms with van der Waals surface area (Å²) in [6.45, 7) is 2.32. The summed E-state index contributed by atoms with van der Waals surface area (Å²) in [6.07, 6.45) is 4.33. The van der Waals surface area contributed by atoms with Crippen LogP contribution in [0.2, 0.25) is 0 Å². The summed E-state index contributed by atoms with van der Waals surface area (Å²) < 4.78 is 13.2. The topological polar surface area (TPSA) is 55.8 Å². The smallest absolute Gasteiger partial charge is 0.321 e. The molecule has 2 aromatic carbocycles. The third-order valence-corrected chi connectivity index (χ3v) is 7.05. The Kier molecular flexibility index (Phi) is 6.34. The summed E-state index contributed by atoms with van der Waals surface area (Å²) in [5.41, 5.74) is 2.80. The Morgan fingerprint density at radius 1 is 1.06 bits per heavy atom. The summed E-state index contributed by atoms with van der Waals surface area (Å²) in [4.78, 5) is 17.2. The maximum atomic E-state index is 13.2. The number of urea groups is 1. The van der Waals surface area contributed by atoms with Crippen LogP contribution in [-0.2, 0) is 0 Å². The average molecular weight is 448 g/mol. The van der Waals surface area contributed by atoms with E-state index in [2.05, 4.69) is 46.3 Å². The van der Waals surface area contributed by atoms with Gasteiger partial charge in [-0.1, -0.05) is 24.0 Å². The molecule has 6 heteroatoms. The molecule has 0 radical (unpaired) electrons. The van der Waals surface area contributed by atoms with Crippen LogP contribution >= 0.6 is 0 Å². The average Bonchev–Trinajstić information content (AvgIpc) is 3.63. The van der Waals surface area contributed by atoms with Gasteiger partial charge in [-0.2, -0.15) is 0 Å². The van der Waals surface area contributed by atoms with Crippen LogP contribution in [-0.4, -0.2) is 59.3 Å². The van der Waals surface area contributed by atoms with Gasteiger partial charge in [0.1, 0.15) is 5.82 Å². The van der Waals surface area contributed by atoms with Crippen molar-refractivity contribution in [3.63, 3.8) is 0 Å². The number of anilines is 1. The van der Waals surface area contributed by atoms with Crippen molar-refractivity contribution in [3.8, 4) is 11.8 Å². The highest BCUT2D eigenvalue weighted by Gasteiger charge is 2.49. The summed E-state index contributed by atoms with van der Waals surface area (Å²) >= 11 is 0. The lowest BCUT2D eigenvalue weighted by atomic mass is 9.74. The molecule has 2 aliphatic heterocycles. The van der Waals surface area contributed by atoms with Crippen LogP contribution in [0.1, 0.15) is 42.7 Å². The first-order chi connectivity index (χ1) is 16.1. The molecule has 3 atom stereocenters. The Balaban J connectivity index is 1.31. The van der Waals surface area contributed by atoms with E-state index in [0.717, 1.165) is 24.9 Å². The lowest BCUT2D eigenvalue weighted by molar-refractivity contribution is -0.0585. The predicted molar refractivity (Wildman–Crippen MR) is 126 cm³/mol. The quantitative estimate of drug-likeness (QED) is 0.699. The van der Waals surface area contributed by atoms with Crippen LogP contribution in [0, 0.1) is 23.6 Å². The van der Waals surface area contributed by atoms with E-state index in [0.29, 0.717) is 24.7 Å². The molecule has 172 valence electrons. The number of carbonyl (C=O) groups is 1. The van der Waals surface area contributed by atoms with Gasteiger partial charge < -0.3 is 15.3 Å². The number of aliphatic hydroxyl groups is 1. The highest BCUT2D eigenvalue weighted by molar-refractivity contribution is 5.89. The summed E-state index contributed by atoms with van der Waals surface area (Å²) in [5.74, 6) is 6.98. The molecule has 0 unspecified atom stereocenters. The van der Waals surface area contributed by atoms with Gasteiger partial charge in [-0.3, -0.25) is 4.90 Å². The van der Waals surface area contributed by atoms with Crippen molar-refractivity contribution in [2.24, 2.45) is 5.92 Å². The number of carbonyl (C=O) groups excluding carboxylic acids is 1. The third-order valence-electron chi connectivity index (χ3n) is 7.05. The molecule has 3 fully saturated rings. The van der Waals surface area contributed by atoms with Crippen molar-refractivity contribution >= 4 is 11.7 Å². The SMILES string of the molecule is O=C(Nc1ccc(F)cc1)N1CCCCN2[C@H](CO)[C@@H](c3ccc(C#CC4CC4)cc3)[C@H]2C1. The first kappa shape index (κ1) is 21.9. The van der Waals surface area contributed by atoms with Gasteiger partial charge in [0.25, 0.3) is 0 Å². The van der Waals surface area contributed by atoms with Crippen LogP contribution in [0.25, 0.3) is 0 Å². The second kappa shape index (κ2) is 9.54. The standard InChI is InChI=1S/C27H30FN3O2/c28-22-11-13-23(14-12-22)29-27(33)30-15-1-2-16-31-24(17-30)26(25(31)18-32)21-9-7-20(8-10-21)6-5-19-3-4-19/h7-14,19,24-26,32H,1-4,15-18H2,(H,29,33)/t24-,25-,26+/m1/s1. The molecule has 5 nitrogen and oxygen atoms in total. The number of rotatable bonds is 3. The van der Waals surface area contributed by atoms with Gasteiger partial charge in [-0.25, -0.2) is 9.18 Å². The van der Waals surface area contributed by atoms with Crippen molar-refractivity contribution in [2.45, 2.75) is 43.7 Å². The number of fused-ring (bicyclic) bond motifs is 1. The minimum absolute atomic E-state index is 0.0681. The Labute approximate surface area is 194 Å². The number of aliphatic hydroxyl groups excluding tert-OH is 1. The molecular weight excluding hydrogens is 417 g/mol. The van der Waals surface area contributed by atoms with Gasteiger partial charge in [0.2, 0.25) is 0 Å². The molecule has 3 aliphatic rings. The Morgan fingerprint density at radius 2 is 1.79 bits per heavy atom. The van der Waals surface area contributed by atoms with Gasteiger partial charge in [-0.15, -0.1) is 0 Å². The maximum Gasteiger partial charge on any atom is 0.321 e. The number of nitrogens with zero attached hydrogens (tertiary/aromatic N) is 2. The predicted octanol–water partition coefficient (Wildman–Crippen LogP) is 4.04. The molecule has 2 saturated heterocycles. The molecule has 2 amide bonds. The Bertz CT molecular complexity index is 1040. The van der Waals surface area contributed by atoms with E-state index in [9.17, 15) is 14.3 Å². The molecule has 1 saturated carbocycles. The molecule has 1 aliphatic carbocycles. The Morgan fingerprint density at radius 3 is 2.48 bits per heavy atom. The van der Waals surface area contributed by atoms with Gasteiger partial charge in [0, 0.05) is 48.3 Å². The van der Waals surface area contributed by atoms with Crippen molar-refractivity contribution < 1.29 is 14.3 Å². The molecule has 0 spiro atoms. The molecule has 2 N–H and O–H groups in total. The second-order valence-electron chi connectivity index (χ2n) is 9.34. The minimum Gasteiger partial charge on any atom is -0.395 e. The lowest BCUT2D eigenvalue weighted by Crippen LogP contribution is -2.68. The number of benzene rings is 2. The highest BCUT2D eigenvalue weighted by atomic mass is 19.1. The van der Waals surface area contributed by atoms with E-state index >= 15 is 0 Å². The van der Waals surface area contributed by atoms with Crippen molar-refractivity contribution in [1.29, 1.82) is 0 Å². The molecule has 0 aromatic heterocycles. The molecule has 33 heavy (non-hydrogen) atoms. The summed E-state index contributed by atoms with van der Waals surface area (Å²) in [6, 6.07) is 14.3. The van der Waals surface area contributed by atoms with E-state index in [4.69, 9.17) is 0 Å². The zero-order valence-electron chi connectivity index (χ0n) is 18.7. The van der Waals surface area contributed by atoms with Crippen molar-refractivity contribution in [2.75, 3.05) is 31.6 Å². The van der Waals surface area contributed by atoms with Crippen LogP contribution in [0.15, 0.2) is 48.5 Å². The van der Waals surface area contributed by atoms with Crippen molar-refractivity contribution in [1.82, 2.24) is 9.80 Å². The van der Waals surface area contributed by atoms with E-state index < -0.39 is 0 Å². The molecule has 0 bridgehead atoms. The molecule has 5 rings (SSSR count). The van der Waals surface area contributed by atoms with E-state index in [1.165, 1.54) is 30.5 Å². The van der Waals surface area contributed by atoms with Crippen molar-refractivity contribution in [3.05, 3.63) is 65.5 Å². The fourth-order valence-electron chi connectivity index (χ4n) is 5.06. The normalized spacial score (nSPS) is 25.0. The first-order valence-electron chi connectivity index (χ1n) is 11.9. The Hall–Kier alpha value is -2.88. The third kappa shape index (κ3) is 4.90. The molecule has 2 heterocycles. The fraction of sp³-hybridized carbons (Fsp3) is 0.444. The largest absolute Gasteiger partial charge is 0.395 e. The van der Waals surface area contributed by atoms with Crippen LogP contribution in [0.4, 0.5) is 14.9 Å². The van der Waals surface area contributed by atoms with Gasteiger partial charge >= 0.3 is 6.03 Å². The number of amides is 2. The summed E-state index contributed by atoms with van der Waals surface area (Å²) in [5, 5.41) is 13.0. The zero-order chi connectivity index (χ0) is 22.8. The second-order valence-corrected chi connectivity index (χ2v) is 9.34. The molecular formula is C27H30FN3O2. The minimum atomic E-state index is -0.327. The zero-order valence-corrected chi connectivity index (χ0v) is 18.7.